The molecule has 7 nitrogen and oxygen atoms in total. The summed E-state index contributed by atoms with van der Waals surface area (Å²) in [5.74, 6) is 0.478. The Labute approximate surface area is 188 Å². The molecule has 4 heterocycles. The number of hydrogen-bond acceptors (Lipinski definition) is 5. The van der Waals surface area contributed by atoms with Gasteiger partial charge in [-0.15, -0.1) is 11.3 Å². The van der Waals surface area contributed by atoms with Gasteiger partial charge in [-0.25, -0.2) is 4.79 Å². The SMILES string of the molecule is CC(C)C[C@]1(C2CCN(Cc3cnn(C)c3)CC2)NC(=O)N(CCc2cccs2)C1=O. The molecule has 31 heavy (non-hydrogen) atoms. The van der Waals surface area contributed by atoms with Gasteiger partial charge in [0.15, 0.2) is 0 Å². The van der Waals surface area contributed by atoms with Crippen molar-refractivity contribution in [3.63, 3.8) is 0 Å². The number of piperidine rings is 1. The molecule has 0 radical (unpaired) electrons. The highest BCUT2D eigenvalue weighted by atomic mass is 32.1. The lowest BCUT2D eigenvalue weighted by molar-refractivity contribution is -0.134. The number of aryl methyl sites for hydroxylation is 1. The lowest BCUT2D eigenvalue weighted by atomic mass is 9.73. The summed E-state index contributed by atoms with van der Waals surface area (Å²) in [7, 11) is 1.93. The summed E-state index contributed by atoms with van der Waals surface area (Å²) in [6.07, 6.45) is 7.21. The third-order valence-electron chi connectivity index (χ3n) is 6.54. The zero-order valence-electron chi connectivity index (χ0n) is 18.7. The number of aromatic nitrogens is 2. The van der Waals surface area contributed by atoms with E-state index in [1.807, 2.05) is 29.4 Å². The zero-order valence-corrected chi connectivity index (χ0v) is 19.5. The van der Waals surface area contributed by atoms with Crippen LogP contribution < -0.4 is 5.32 Å². The van der Waals surface area contributed by atoms with E-state index in [1.165, 1.54) is 15.3 Å². The highest BCUT2D eigenvalue weighted by Gasteiger charge is 2.55. The van der Waals surface area contributed by atoms with Crippen LogP contribution in [0.5, 0.6) is 0 Å². The van der Waals surface area contributed by atoms with Gasteiger partial charge in [0.25, 0.3) is 5.91 Å². The van der Waals surface area contributed by atoms with Crippen LogP contribution in [0.1, 0.15) is 43.6 Å². The average Bonchev–Trinajstić information content (AvgIpc) is 3.43. The van der Waals surface area contributed by atoms with Crippen LogP contribution in [0.2, 0.25) is 0 Å². The predicted molar refractivity (Wildman–Crippen MR) is 122 cm³/mol. The Morgan fingerprint density at radius 2 is 2.06 bits per heavy atom. The third kappa shape index (κ3) is 4.70. The van der Waals surface area contributed by atoms with Gasteiger partial charge in [-0.2, -0.15) is 5.10 Å². The lowest BCUT2D eigenvalue weighted by Gasteiger charge is -2.41. The number of thiophene rings is 1. The Hall–Kier alpha value is -2.19. The van der Waals surface area contributed by atoms with Gasteiger partial charge >= 0.3 is 6.03 Å². The second-order valence-corrected chi connectivity index (χ2v) is 10.4. The van der Waals surface area contributed by atoms with Crippen molar-refractivity contribution >= 4 is 23.3 Å². The van der Waals surface area contributed by atoms with E-state index in [0.717, 1.165) is 38.9 Å². The minimum Gasteiger partial charge on any atom is -0.323 e. The number of hydrogen-bond donors (Lipinski definition) is 1. The highest BCUT2D eigenvalue weighted by Crippen LogP contribution is 2.38. The van der Waals surface area contributed by atoms with Gasteiger partial charge in [0, 0.05) is 36.8 Å². The normalized spacial score (nSPS) is 23.2. The number of urea groups is 1. The number of carbonyl (C=O) groups excluding carboxylic acids is 2. The molecule has 1 atom stereocenters. The molecule has 2 aromatic rings. The summed E-state index contributed by atoms with van der Waals surface area (Å²) in [5.41, 5.74) is 0.448. The maximum atomic E-state index is 13.6. The molecule has 4 rings (SSSR count). The molecule has 0 bridgehead atoms. The quantitative estimate of drug-likeness (QED) is 0.636. The van der Waals surface area contributed by atoms with E-state index in [0.29, 0.717) is 18.9 Å². The first kappa shape index (κ1) is 22.0. The van der Waals surface area contributed by atoms with Crippen LogP contribution >= 0.6 is 11.3 Å². The fourth-order valence-electron chi connectivity index (χ4n) is 5.15. The van der Waals surface area contributed by atoms with Crippen LogP contribution in [0.15, 0.2) is 29.9 Å². The number of nitrogens with one attached hydrogen (secondary N) is 1. The fourth-order valence-corrected chi connectivity index (χ4v) is 5.84. The minimum atomic E-state index is -0.763. The Morgan fingerprint density at radius 3 is 2.68 bits per heavy atom. The Morgan fingerprint density at radius 1 is 1.29 bits per heavy atom. The monoisotopic (exact) mass is 443 g/mol. The fraction of sp³-hybridized carbons (Fsp3) is 0.609. The third-order valence-corrected chi connectivity index (χ3v) is 7.48. The van der Waals surface area contributed by atoms with Crippen molar-refractivity contribution in [1.82, 2.24) is 24.9 Å². The van der Waals surface area contributed by atoms with Gasteiger partial charge in [0.2, 0.25) is 0 Å². The first-order valence-corrected chi connectivity index (χ1v) is 12.1. The summed E-state index contributed by atoms with van der Waals surface area (Å²) in [4.78, 5) is 31.6. The van der Waals surface area contributed by atoms with Gasteiger partial charge in [-0.05, 0) is 62.1 Å². The van der Waals surface area contributed by atoms with Gasteiger partial charge in [-0.3, -0.25) is 19.3 Å². The molecule has 0 aromatic carbocycles. The van der Waals surface area contributed by atoms with Crippen molar-refractivity contribution in [1.29, 1.82) is 0 Å². The van der Waals surface area contributed by atoms with Crippen molar-refractivity contribution < 1.29 is 9.59 Å². The molecule has 1 N–H and O–H groups in total. The van der Waals surface area contributed by atoms with Crippen LogP contribution in [0, 0.1) is 11.8 Å². The maximum absolute atomic E-state index is 13.6. The number of carbonyl (C=O) groups is 2. The van der Waals surface area contributed by atoms with E-state index in [-0.39, 0.29) is 17.9 Å². The number of imide groups is 1. The second kappa shape index (κ2) is 9.12. The van der Waals surface area contributed by atoms with Crippen molar-refractivity contribution in [2.75, 3.05) is 19.6 Å². The summed E-state index contributed by atoms with van der Waals surface area (Å²) >= 11 is 1.67. The molecule has 0 unspecified atom stereocenters. The molecule has 2 aliphatic heterocycles. The Bertz CT molecular complexity index is 901. The highest BCUT2D eigenvalue weighted by molar-refractivity contribution is 7.09. The Balaban J connectivity index is 1.44. The van der Waals surface area contributed by atoms with E-state index in [9.17, 15) is 9.59 Å². The van der Waals surface area contributed by atoms with E-state index in [1.54, 1.807) is 11.3 Å². The first-order valence-electron chi connectivity index (χ1n) is 11.2. The average molecular weight is 444 g/mol. The molecule has 0 aliphatic carbocycles. The minimum absolute atomic E-state index is 0.0199. The summed E-state index contributed by atoms with van der Waals surface area (Å²) < 4.78 is 1.83. The van der Waals surface area contributed by atoms with Gasteiger partial charge < -0.3 is 5.32 Å². The summed E-state index contributed by atoms with van der Waals surface area (Å²) in [5, 5.41) is 9.47. The predicted octanol–water partition coefficient (Wildman–Crippen LogP) is 3.27. The van der Waals surface area contributed by atoms with Crippen molar-refractivity contribution in [3.8, 4) is 0 Å². The molecule has 2 fully saturated rings. The van der Waals surface area contributed by atoms with Crippen molar-refractivity contribution in [2.45, 2.75) is 51.6 Å². The molecule has 2 aliphatic rings. The van der Waals surface area contributed by atoms with Gasteiger partial charge in [0.1, 0.15) is 5.54 Å². The lowest BCUT2D eigenvalue weighted by Crippen LogP contribution is -2.56. The maximum Gasteiger partial charge on any atom is 0.325 e. The van der Waals surface area contributed by atoms with Crippen LogP contribution in [-0.4, -0.2) is 56.7 Å². The Kier molecular flexibility index (Phi) is 6.48. The number of nitrogens with zero attached hydrogens (tertiary/aromatic N) is 4. The van der Waals surface area contributed by atoms with Crippen LogP contribution in [0.25, 0.3) is 0 Å². The van der Waals surface area contributed by atoms with Crippen molar-refractivity contribution in [2.24, 2.45) is 18.9 Å². The van der Waals surface area contributed by atoms with E-state index in [4.69, 9.17) is 0 Å². The molecule has 8 heteroatoms. The van der Waals surface area contributed by atoms with Crippen LogP contribution in [0.4, 0.5) is 4.79 Å². The number of likely N-dealkylation sites (tertiary alicyclic amines) is 1. The van der Waals surface area contributed by atoms with Gasteiger partial charge in [-0.1, -0.05) is 19.9 Å². The zero-order chi connectivity index (χ0) is 22.0. The number of amides is 3. The molecule has 2 aromatic heterocycles. The smallest absolute Gasteiger partial charge is 0.323 e. The summed E-state index contributed by atoms with van der Waals surface area (Å²) in [6, 6.07) is 3.84. The van der Waals surface area contributed by atoms with Crippen LogP contribution in [0.3, 0.4) is 0 Å². The van der Waals surface area contributed by atoms with E-state index in [2.05, 4.69) is 41.4 Å². The number of rotatable bonds is 8. The topological polar surface area (TPSA) is 70.5 Å². The molecule has 168 valence electrons. The molecule has 3 amide bonds. The largest absolute Gasteiger partial charge is 0.325 e. The summed E-state index contributed by atoms with van der Waals surface area (Å²) in [6.45, 7) is 7.45. The molecular formula is C23H33N5O2S. The van der Waals surface area contributed by atoms with Gasteiger partial charge in [0.05, 0.1) is 6.20 Å². The molecular weight excluding hydrogens is 410 g/mol. The van der Waals surface area contributed by atoms with Crippen LogP contribution in [-0.2, 0) is 24.8 Å². The van der Waals surface area contributed by atoms with E-state index < -0.39 is 5.54 Å². The molecule has 0 saturated carbocycles. The molecule has 2 saturated heterocycles. The first-order chi connectivity index (χ1) is 14.9. The molecule has 0 spiro atoms. The van der Waals surface area contributed by atoms with Crippen molar-refractivity contribution in [3.05, 3.63) is 40.3 Å². The standard InChI is InChI=1S/C23H33N5O2S/c1-17(2)13-23(19-6-9-27(10-7-19)16-18-14-24-26(3)15-18)21(29)28(22(30)25-23)11-8-20-5-4-12-31-20/h4-5,12,14-15,17,19H,6-11,13,16H2,1-3H3,(H,25,30)/t23-/m1/s1. The van der Waals surface area contributed by atoms with E-state index >= 15 is 0 Å². The second-order valence-electron chi connectivity index (χ2n) is 9.36.